The standard InChI is InChI=1S/C14H25N3/c1-12(2)6-3-4-9-17-11-15-10-14(17)13-7-5-8-16-13/h10-13,16H,3-9H2,1-2H3. The summed E-state index contributed by atoms with van der Waals surface area (Å²) in [6.07, 6.45) is 10.5. The second kappa shape index (κ2) is 6.20. The summed E-state index contributed by atoms with van der Waals surface area (Å²) in [6, 6.07) is 0.544. The van der Waals surface area contributed by atoms with Crippen molar-refractivity contribution in [2.24, 2.45) is 5.92 Å². The maximum absolute atomic E-state index is 4.30. The van der Waals surface area contributed by atoms with E-state index >= 15 is 0 Å². The van der Waals surface area contributed by atoms with Crippen LogP contribution < -0.4 is 5.32 Å². The lowest BCUT2D eigenvalue weighted by molar-refractivity contribution is 0.491. The van der Waals surface area contributed by atoms with E-state index in [1.54, 1.807) is 0 Å². The molecule has 2 heterocycles. The fourth-order valence-corrected chi connectivity index (χ4v) is 2.58. The molecule has 1 aliphatic heterocycles. The highest BCUT2D eigenvalue weighted by Gasteiger charge is 2.19. The first-order valence-electron chi connectivity index (χ1n) is 7.01. The molecule has 0 radical (unpaired) electrons. The predicted molar refractivity (Wildman–Crippen MR) is 70.9 cm³/mol. The van der Waals surface area contributed by atoms with Crippen LogP contribution in [0.2, 0.25) is 0 Å². The summed E-state index contributed by atoms with van der Waals surface area (Å²) in [6.45, 7) is 6.87. The number of nitrogens with one attached hydrogen (secondary N) is 1. The molecule has 1 fully saturated rings. The molecule has 0 saturated carbocycles. The van der Waals surface area contributed by atoms with Gasteiger partial charge in [-0.05, 0) is 31.7 Å². The van der Waals surface area contributed by atoms with Gasteiger partial charge in [0.05, 0.1) is 12.0 Å². The molecule has 1 N–H and O–H groups in total. The Hall–Kier alpha value is -0.830. The number of hydrogen-bond acceptors (Lipinski definition) is 2. The molecule has 2 rings (SSSR count). The number of nitrogens with zero attached hydrogens (tertiary/aromatic N) is 2. The molecule has 1 aromatic rings. The predicted octanol–water partition coefficient (Wildman–Crippen LogP) is 3.13. The van der Waals surface area contributed by atoms with E-state index < -0.39 is 0 Å². The topological polar surface area (TPSA) is 29.9 Å². The Labute approximate surface area is 105 Å². The molecule has 1 aliphatic rings. The molecule has 0 aromatic carbocycles. The number of aromatic nitrogens is 2. The summed E-state index contributed by atoms with van der Waals surface area (Å²) in [5, 5.41) is 3.55. The Morgan fingerprint density at radius 3 is 3.06 bits per heavy atom. The van der Waals surface area contributed by atoms with E-state index in [0.29, 0.717) is 6.04 Å². The third-order valence-corrected chi connectivity index (χ3v) is 3.59. The first-order chi connectivity index (χ1) is 8.27. The monoisotopic (exact) mass is 235 g/mol. The molecule has 0 amide bonds. The zero-order valence-electron chi connectivity index (χ0n) is 11.2. The van der Waals surface area contributed by atoms with Crippen molar-refractivity contribution in [3.05, 3.63) is 18.2 Å². The van der Waals surface area contributed by atoms with Gasteiger partial charge < -0.3 is 9.88 Å². The van der Waals surface area contributed by atoms with Crippen LogP contribution in [-0.4, -0.2) is 16.1 Å². The average molecular weight is 235 g/mol. The maximum atomic E-state index is 4.30. The fourth-order valence-electron chi connectivity index (χ4n) is 2.58. The van der Waals surface area contributed by atoms with Gasteiger partial charge in [0.1, 0.15) is 0 Å². The van der Waals surface area contributed by atoms with Gasteiger partial charge in [-0.1, -0.05) is 26.7 Å². The Balaban J connectivity index is 1.82. The van der Waals surface area contributed by atoms with Gasteiger partial charge in [0.25, 0.3) is 0 Å². The van der Waals surface area contributed by atoms with Crippen LogP contribution in [0.25, 0.3) is 0 Å². The van der Waals surface area contributed by atoms with Crippen LogP contribution in [-0.2, 0) is 6.54 Å². The zero-order valence-corrected chi connectivity index (χ0v) is 11.2. The van der Waals surface area contributed by atoms with Gasteiger partial charge in [0, 0.05) is 18.8 Å². The van der Waals surface area contributed by atoms with Crippen molar-refractivity contribution in [1.82, 2.24) is 14.9 Å². The molecule has 3 heteroatoms. The van der Waals surface area contributed by atoms with Crippen molar-refractivity contribution in [1.29, 1.82) is 0 Å². The minimum atomic E-state index is 0.544. The van der Waals surface area contributed by atoms with Crippen LogP contribution in [0.15, 0.2) is 12.5 Å². The van der Waals surface area contributed by atoms with Crippen LogP contribution >= 0.6 is 0 Å². The molecule has 0 aliphatic carbocycles. The normalized spacial score (nSPS) is 20.3. The van der Waals surface area contributed by atoms with Gasteiger partial charge in [0.2, 0.25) is 0 Å². The molecule has 1 saturated heterocycles. The Bertz CT molecular complexity index is 324. The molecular formula is C14H25N3. The largest absolute Gasteiger partial charge is 0.333 e. The second-order valence-electron chi connectivity index (χ2n) is 5.55. The van der Waals surface area contributed by atoms with Crippen LogP contribution in [0.5, 0.6) is 0 Å². The molecule has 96 valence electrons. The molecule has 1 aromatic heterocycles. The van der Waals surface area contributed by atoms with Gasteiger partial charge in [-0.25, -0.2) is 4.98 Å². The number of unbranched alkanes of at least 4 members (excludes halogenated alkanes) is 1. The van der Waals surface area contributed by atoms with Gasteiger partial charge in [0.15, 0.2) is 0 Å². The first-order valence-corrected chi connectivity index (χ1v) is 7.01. The molecule has 1 atom stereocenters. The quantitative estimate of drug-likeness (QED) is 0.768. The third kappa shape index (κ3) is 3.56. The minimum Gasteiger partial charge on any atom is -0.333 e. The van der Waals surface area contributed by atoms with E-state index in [-0.39, 0.29) is 0 Å². The average Bonchev–Trinajstić information content (AvgIpc) is 2.94. The summed E-state index contributed by atoms with van der Waals surface area (Å²) < 4.78 is 2.34. The lowest BCUT2D eigenvalue weighted by Crippen LogP contribution is -2.16. The van der Waals surface area contributed by atoms with Crippen molar-refractivity contribution < 1.29 is 0 Å². The SMILES string of the molecule is CC(C)CCCCn1cncc1C1CCCN1. The van der Waals surface area contributed by atoms with E-state index in [0.717, 1.165) is 19.0 Å². The molecule has 0 spiro atoms. The Kier molecular flexibility index (Phi) is 4.60. The van der Waals surface area contributed by atoms with Crippen LogP contribution in [0.1, 0.15) is 57.7 Å². The van der Waals surface area contributed by atoms with Gasteiger partial charge in [-0.15, -0.1) is 0 Å². The fraction of sp³-hybridized carbons (Fsp3) is 0.786. The summed E-state index contributed by atoms with van der Waals surface area (Å²) in [5.41, 5.74) is 1.38. The molecule has 17 heavy (non-hydrogen) atoms. The summed E-state index contributed by atoms with van der Waals surface area (Å²) in [4.78, 5) is 4.30. The highest BCUT2D eigenvalue weighted by molar-refractivity contribution is 5.07. The second-order valence-corrected chi connectivity index (χ2v) is 5.55. The molecular weight excluding hydrogens is 210 g/mol. The van der Waals surface area contributed by atoms with Gasteiger partial charge in [-0.2, -0.15) is 0 Å². The van der Waals surface area contributed by atoms with Crippen molar-refractivity contribution in [3.8, 4) is 0 Å². The smallest absolute Gasteiger partial charge is 0.0948 e. The van der Waals surface area contributed by atoms with E-state index in [2.05, 4.69) is 28.7 Å². The Morgan fingerprint density at radius 1 is 1.47 bits per heavy atom. The number of hydrogen-bond donors (Lipinski definition) is 1. The lowest BCUT2D eigenvalue weighted by Gasteiger charge is -2.14. The molecule has 0 bridgehead atoms. The summed E-state index contributed by atoms with van der Waals surface area (Å²) >= 11 is 0. The number of aryl methyl sites for hydroxylation is 1. The molecule has 3 nitrogen and oxygen atoms in total. The Morgan fingerprint density at radius 2 is 2.35 bits per heavy atom. The maximum Gasteiger partial charge on any atom is 0.0948 e. The van der Waals surface area contributed by atoms with Crippen molar-refractivity contribution in [3.63, 3.8) is 0 Å². The number of rotatable bonds is 6. The van der Waals surface area contributed by atoms with Crippen molar-refractivity contribution >= 4 is 0 Å². The third-order valence-electron chi connectivity index (χ3n) is 3.59. The van der Waals surface area contributed by atoms with E-state index in [9.17, 15) is 0 Å². The van der Waals surface area contributed by atoms with Crippen LogP contribution in [0.3, 0.4) is 0 Å². The summed E-state index contributed by atoms with van der Waals surface area (Å²) in [5.74, 6) is 0.828. The summed E-state index contributed by atoms with van der Waals surface area (Å²) in [7, 11) is 0. The van der Waals surface area contributed by atoms with E-state index in [4.69, 9.17) is 0 Å². The van der Waals surface area contributed by atoms with Gasteiger partial charge >= 0.3 is 0 Å². The zero-order chi connectivity index (χ0) is 12.1. The van der Waals surface area contributed by atoms with Crippen LogP contribution in [0, 0.1) is 5.92 Å². The minimum absolute atomic E-state index is 0.544. The van der Waals surface area contributed by atoms with Crippen molar-refractivity contribution in [2.45, 2.75) is 58.5 Å². The molecule has 1 unspecified atom stereocenters. The number of imidazole rings is 1. The van der Waals surface area contributed by atoms with Crippen molar-refractivity contribution in [2.75, 3.05) is 6.54 Å². The van der Waals surface area contributed by atoms with Gasteiger partial charge in [-0.3, -0.25) is 0 Å². The van der Waals surface area contributed by atoms with E-state index in [1.807, 2.05) is 12.5 Å². The van der Waals surface area contributed by atoms with Crippen LogP contribution in [0.4, 0.5) is 0 Å². The highest BCUT2D eigenvalue weighted by Crippen LogP contribution is 2.23. The van der Waals surface area contributed by atoms with E-state index in [1.165, 1.54) is 37.8 Å². The first kappa shape index (κ1) is 12.6. The highest BCUT2D eigenvalue weighted by atomic mass is 15.1. The lowest BCUT2D eigenvalue weighted by atomic mass is 10.1.